The van der Waals surface area contributed by atoms with Crippen LogP contribution in [0.15, 0.2) is 54.6 Å². The number of hydrogen-bond donors (Lipinski definition) is 1. The van der Waals surface area contributed by atoms with Gasteiger partial charge in [0.25, 0.3) is 5.91 Å². The Morgan fingerprint density at radius 1 is 1.10 bits per heavy atom. The van der Waals surface area contributed by atoms with Gasteiger partial charge in [0.2, 0.25) is 5.13 Å². The lowest BCUT2D eigenvalue weighted by Gasteiger charge is -2.17. The number of nitrogens with zero attached hydrogens (tertiary/aromatic N) is 3. The van der Waals surface area contributed by atoms with Gasteiger partial charge in [-0.1, -0.05) is 50.3 Å². The minimum Gasteiger partial charge on any atom is -0.497 e. The Labute approximate surface area is 185 Å². The number of anilines is 1. The topological polar surface area (TPSA) is 77.0 Å². The van der Waals surface area contributed by atoms with Crippen LogP contribution in [0.25, 0.3) is 22.2 Å². The first kappa shape index (κ1) is 20.9. The van der Waals surface area contributed by atoms with Crippen molar-refractivity contribution in [1.82, 2.24) is 15.2 Å². The average molecular weight is 433 g/mol. The fourth-order valence-corrected chi connectivity index (χ4v) is 4.05. The molecule has 0 aliphatic rings. The number of nitrogens with one attached hydrogen (secondary N) is 1. The molecule has 0 aliphatic carbocycles. The van der Waals surface area contributed by atoms with Gasteiger partial charge in [-0.15, -0.1) is 10.2 Å². The highest BCUT2D eigenvalue weighted by Crippen LogP contribution is 2.32. The van der Waals surface area contributed by atoms with Crippen LogP contribution in [-0.2, 0) is 5.41 Å². The minimum atomic E-state index is -0.231. The van der Waals surface area contributed by atoms with E-state index in [-0.39, 0.29) is 11.3 Å². The minimum absolute atomic E-state index is 0.0778. The van der Waals surface area contributed by atoms with Crippen molar-refractivity contribution < 1.29 is 9.53 Å². The van der Waals surface area contributed by atoms with Gasteiger partial charge in [-0.05, 0) is 42.8 Å². The lowest BCUT2D eigenvalue weighted by molar-refractivity contribution is 0.102. The van der Waals surface area contributed by atoms with Crippen molar-refractivity contribution in [2.75, 3.05) is 12.4 Å². The molecule has 2 heterocycles. The maximum atomic E-state index is 13.2. The van der Waals surface area contributed by atoms with Gasteiger partial charge in [-0.2, -0.15) is 0 Å². The van der Waals surface area contributed by atoms with Gasteiger partial charge in [0.1, 0.15) is 10.8 Å². The summed E-state index contributed by atoms with van der Waals surface area (Å²) in [6, 6.07) is 17.1. The Hall–Kier alpha value is -3.32. The Bertz CT molecular complexity index is 1230. The molecule has 0 spiro atoms. The van der Waals surface area contributed by atoms with E-state index >= 15 is 0 Å². The number of fused-ring (bicyclic) bond motifs is 1. The summed E-state index contributed by atoms with van der Waals surface area (Å²) in [6.07, 6.45) is 0.940. The molecule has 158 valence electrons. The predicted molar refractivity (Wildman–Crippen MR) is 125 cm³/mol. The molecular formula is C24H24N4O2S. The molecule has 0 saturated heterocycles. The summed E-state index contributed by atoms with van der Waals surface area (Å²) in [5, 5.41) is 13.6. The van der Waals surface area contributed by atoms with Crippen molar-refractivity contribution >= 4 is 33.3 Å². The first-order chi connectivity index (χ1) is 14.9. The summed E-state index contributed by atoms with van der Waals surface area (Å²) in [4.78, 5) is 18.0. The quantitative estimate of drug-likeness (QED) is 0.423. The Morgan fingerprint density at radius 2 is 1.84 bits per heavy atom. The molecule has 0 aliphatic heterocycles. The first-order valence-electron chi connectivity index (χ1n) is 10.1. The number of amides is 1. The van der Waals surface area contributed by atoms with Gasteiger partial charge < -0.3 is 4.74 Å². The van der Waals surface area contributed by atoms with E-state index in [4.69, 9.17) is 9.72 Å². The second kappa shape index (κ2) is 8.43. The summed E-state index contributed by atoms with van der Waals surface area (Å²) in [5.41, 5.74) is 2.85. The van der Waals surface area contributed by atoms with Gasteiger partial charge >= 0.3 is 0 Å². The molecule has 2 aromatic heterocycles. The number of carbonyl (C=O) groups is 1. The smallest absolute Gasteiger partial charge is 0.258 e. The van der Waals surface area contributed by atoms with Crippen LogP contribution in [-0.4, -0.2) is 28.2 Å². The molecule has 31 heavy (non-hydrogen) atoms. The molecule has 6 nitrogen and oxygen atoms in total. The highest BCUT2D eigenvalue weighted by molar-refractivity contribution is 7.15. The number of ether oxygens (including phenoxy) is 1. The lowest BCUT2D eigenvalue weighted by Crippen LogP contribution is -2.14. The van der Waals surface area contributed by atoms with Gasteiger partial charge in [0.15, 0.2) is 0 Å². The SMILES string of the molecule is CCC(C)(C)c1nnc(NC(=O)c2cc(-c3ccc(OC)cc3)nc3ccccc23)s1. The second-order valence-electron chi connectivity index (χ2n) is 7.90. The van der Waals surface area contributed by atoms with Crippen molar-refractivity contribution in [3.05, 3.63) is 65.2 Å². The zero-order valence-electron chi connectivity index (χ0n) is 18.0. The van der Waals surface area contributed by atoms with E-state index in [0.29, 0.717) is 10.7 Å². The average Bonchev–Trinajstić information content (AvgIpc) is 3.27. The zero-order chi connectivity index (χ0) is 22.0. The molecule has 7 heteroatoms. The number of pyridine rings is 1. The highest BCUT2D eigenvalue weighted by atomic mass is 32.1. The molecule has 1 N–H and O–H groups in total. The van der Waals surface area contributed by atoms with E-state index in [1.807, 2.05) is 54.6 Å². The molecule has 1 amide bonds. The van der Waals surface area contributed by atoms with E-state index in [9.17, 15) is 4.79 Å². The van der Waals surface area contributed by atoms with E-state index in [1.54, 1.807) is 7.11 Å². The Kier molecular flexibility index (Phi) is 5.69. The predicted octanol–water partition coefficient (Wildman–Crippen LogP) is 5.70. The van der Waals surface area contributed by atoms with Crippen molar-refractivity contribution in [2.45, 2.75) is 32.6 Å². The van der Waals surface area contributed by atoms with E-state index in [0.717, 1.165) is 39.3 Å². The fraction of sp³-hybridized carbons (Fsp3) is 0.250. The molecular weight excluding hydrogens is 408 g/mol. The number of benzene rings is 2. The number of hydrogen-bond acceptors (Lipinski definition) is 6. The number of rotatable bonds is 6. The molecule has 0 radical (unpaired) electrons. The molecule has 0 atom stereocenters. The van der Waals surface area contributed by atoms with Crippen LogP contribution in [0.5, 0.6) is 5.75 Å². The number of carbonyl (C=O) groups excluding carboxylic acids is 1. The van der Waals surface area contributed by atoms with Crippen LogP contribution in [0.3, 0.4) is 0 Å². The lowest BCUT2D eigenvalue weighted by atomic mass is 9.91. The zero-order valence-corrected chi connectivity index (χ0v) is 18.8. The Balaban J connectivity index is 1.71. The summed E-state index contributed by atoms with van der Waals surface area (Å²) < 4.78 is 5.24. The maximum absolute atomic E-state index is 13.2. The molecule has 0 unspecified atom stereocenters. The highest BCUT2D eigenvalue weighted by Gasteiger charge is 2.24. The number of methoxy groups -OCH3 is 1. The van der Waals surface area contributed by atoms with Crippen LogP contribution in [0.4, 0.5) is 5.13 Å². The van der Waals surface area contributed by atoms with Gasteiger partial charge in [-0.25, -0.2) is 4.98 Å². The summed E-state index contributed by atoms with van der Waals surface area (Å²) in [6.45, 7) is 6.36. The number of para-hydroxylation sites is 1. The van der Waals surface area contributed by atoms with Crippen LogP contribution >= 0.6 is 11.3 Å². The molecule has 4 rings (SSSR count). The molecule has 4 aromatic rings. The molecule has 0 bridgehead atoms. The first-order valence-corrected chi connectivity index (χ1v) is 10.9. The van der Waals surface area contributed by atoms with E-state index in [2.05, 4.69) is 36.3 Å². The normalized spacial score (nSPS) is 11.5. The van der Waals surface area contributed by atoms with Gasteiger partial charge in [0, 0.05) is 16.4 Å². The standard InChI is InChI=1S/C24H24N4O2S/c1-5-24(2,3)22-27-28-23(31-22)26-21(29)18-14-20(15-10-12-16(30-4)13-11-15)25-19-9-7-6-8-17(18)19/h6-14H,5H2,1-4H3,(H,26,28,29). The summed E-state index contributed by atoms with van der Waals surface area (Å²) in [7, 11) is 1.63. The van der Waals surface area contributed by atoms with Crippen molar-refractivity contribution in [2.24, 2.45) is 0 Å². The van der Waals surface area contributed by atoms with Crippen LogP contribution in [0, 0.1) is 0 Å². The third-order valence-electron chi connectivity index (χ3n) is 5.45. The fourth-order valence-electron chi connectivity index (χ4n) is 3.14. The van der Waals surface area contributed by atoms with Crippen LogP contribution < -0.4 is 10.1 Å². The molecule has 2 aromatic carbocycles. The van der Waals surface area contributed by atoms with E-state index in [1.165, 1.54) is 11.3 Å². The van der Waals surface area contributed by atoms with Gasteiger partial charge in [0.05, 0.1) is 23.9 Å². The van der Waals surface area contributed by atoms with E-state index < -0.39 is 0 Å². The van der Waals surface area contributed by atoms with Crippen LogP contribution in [0.1, 0.15) is 42.6 Å². The van der Waals surface area contributed by atoms with Gasteiger partial charge in [-0.3, -0.25) is 10.1 Å². The molecule has 0 saturated carbocycles. The Morgan fingerprint density at radius 3 is 2.55 bits per heavy atom. The maximum Gasteiger partial charge on any atom is 0.258 e. The largest absolute Gasteiger partial charge is 0.497 e. The third-order valence-corrected chi connectivity index (χ3v) is 6.66. The second-order valence-corrected chi connectivity index (χ2v) is 8.88. The van der Waals surface area contributed by atoms with Crippen LogP contribution in [0.2, 0.25) is 0 Å². The monoisotopic (exact) mass is 432 g/mol. The number of aromatic nitrogens is 3. The van der Waals surface area contributed by atoms with Crippen molar-refractivity contribution in [3.63, 3.8) is 0 Å². The van der Waals surface area contributed by atoms with Crippen molar-refractivity contribution in [3.8, 4) is 17.0 Å². The van der Waals surface area contributed by atoms with Crippen molar-refractivity contribution in [1.29, 1.82) is 0 Å². The third kappa shape index (κ3) is 4.27. The summed E-state index contributed by atoms with van der Waals surface area (Å²) >= 11 is 1.41. The molecule has 0 fully saturated rings. The summed E-state index contributed by atoms with van der Waals surface area (Å²) in [5.74, 6) is 0.537.